The first-order valence-corrected chi connectivity index (χ1v) is 9.37. The highest BCUT2D eigenvalue weighted by molar-refractivity contribution is 5.92. The summed E-state index contributed by atoms with van der Waals surface area (Å²) in [4.78, 5) is 23.9. The summed E-state index contributed by atoms with van der Waals surface area (Å²) in [7, 11) is 2.24. The molecule has 1 saturated carbocycles. The third-order valence-electron chi connectivity index (χ3n) is 5.80. The Morgan fingerprint density at radius 2 is 1.96 bits per heavy atom. The van der Waals surface area contributed by atoms with E-state index in [1.165, 1.54) is 32.2 Å². The number of hydrogen-bond donors (Lipinski definition) is 0. The number of amides is 1. The van der Waals surface area contributed by atoms with E-state index in [1.807, 2.05) is 4.90 Å². The van der Waals surface area contributed by atoms with Crippen LogP contribution in [-0.4, -0.2) is 77.9 Å². The van der Waals surface area contributed by atoms with Gasteiger partial charge in [0.05, 0.1) is 5.69 Å². The van der Waals surface area contributed by atoms with E-state index in [2.05, 4.69) is 21.8 Å². The normalized spacial score (nSPS) is 26.7. The Hall–Kier alpha value is -1.40. The number of oxazole rings is 1. The zero-order valence-electron chi connectivity index (χ0n) is 14.6. The van der Waals surface area contributed by atoms with Gasteiger partial charge < -0.3 is 14.2 Å². The van der Waals surface area contributed by atoms with Crippen LogP contribution < -0.4 is 0 Å². The third-order valence-corrected chi connectivity index (χ3v) is 5.80. The van der Waals surface area contributed by atoms with Gasteiger partial charge in [0.2, 0.25) is 5.76 Å². The van der Waals surface area contributed by atoms with Crippen LogP contribution in [-0.2, 0) is 0 Å². The lowest BCUT2D eigenvalue weighted by molar-refractivity contribution is 0.0537. The Labute approximate surface area is 143 Å². The molecule has 1 unspecified atom stereocenters. The quantitative estimate of drug-likeness (QED) is 0.841. The van der Waals surface area contributed by atoms with Gasteiger partial charge in [-0.3, -0.25) is 9.69 Å². The fourth-order valence-electron chi connectivity index (χ4n) is 4.01. The second-order valence-corrected chi connectivity index (χ2v) is 7.56. The number of likely N-dealkylation sites (N-methyl/N-ethyl adjacent to an activating group) is 1. The first-order chi connectivity index (χ1) is 11.7. The van der Waals surface area contributed by atoms with E-state index in [9.17, 15) is 4.79 Å². The van der Waals surface area contributed by atoms with E-state index in [0.29, 0.717) is 17.7 Å². The molecule has 1 aromatic rings. The fraction of sp³-hybridized carbons (Fsp3) is 0.778. The van der Waals surface area contributed by atoms with Gasteiger partial charge in [0.1, 0.15) is 0 Å². The Morgan fingerprint density at radius 1 is 1.17 bits per heavy atom. The first kappa shape index (κ1) is 16.1. The standard InChI is InChI=1S/C18H28N4O2/c1-20-7-3-2-4-15(20)12-21-8-10-22(11-9-21)18(23)17-16(14-5-6-14)19-13-24-17/h13-15H,2-12H2,1H3. The van der Waals surface area contributed by atoms with Gasteiger partial charge in [-0.25, -0.2) is 4.98 Å². The smallest absolute Gasteiger partial charge is 0.291 e. The molecule has 24 heavy (non-hydrogen) atoms. The molecule has 0 radical (unpaired) electrons. The van der Waals surface area contributed by atoms with Gasteiger partial charge in [0, 0.05) is 44.7 Å². The maximum absolute atomic E-state index is 12.7. The van der Waals surface area contributed by atoms with Gasteiger partial charge in [0.15, 0.2) is 6.39 Å². The van der Waals surface area contributed by atoms with Crippen molar-refractivity contribution in [3.8, 4) is 0 Å². The van der Waals surface area contributed by atoms with Crippen LogP contribution >= 0.6 is 0 Å². The van der Waals surface area contributed by atoms with Crippen LogP contribution in [0, 0.1) is 0 Å². The SMILES string of the molecule is CN1CCCCC1CN1CCN(C(=O)c2ocnc2C2CC2)CC1. The summed E-state index contributed by atoms with van der Waals surface area (Å²) in [5.41, 5.74) is 0.881. The largest absolute Gasteiger partial charge is 0.438 e. The fourth-order valence-corrected chi connectivity index (χ4v) is 4.01. The second kappa shape index (κ2) is 6.84. The van der Waals surface area contributed by atoms with Crippen molar-refractivity contribution in [2.24, 2.45) is 0 Å². The van der Waals surface area contributed by atoms with E-state index < -0.39 is 0 Å². The summed E-state index contributed by atoms with van der Waals surface area (Å²) in [6.07, 6.45) is 7.68. The van der Waals surface area contributed by atoms with Crippen LogP contribution in [0.1, 0.15) is 54.3 Å². The van der Waals surface area contributed by atoms with Crippen molar-refractivity contribution < 1.29 is 9.21 Å². The van der Waals surface area contributed by atoms with E-state index in [1.54, 1.807) is 0 Å². The highest BCUT2D eigenvalue weighted by atomic mass is 16.3. The van der Waals surface area contributed by atoms with Crippen molar-refractivity contribution in [3.63, 3.8) is 0 Å². The number of carbonyl (C=O) groups excluding carboxylic acids is 1. The summed E-state index contributed by atoms with van der Waals surface area (Å²) in [6, 6.07) is 0.678. The molecule has 2 saturated heterocycles. The molecular formula is C18H28N4O2. The molecule has 132 valence electrons. The highest BCUT2D eigenvalue weighted by Crippen LogP contribution is 2.41. The molecule has 0 bridgehead atoms. The van der Waals surface area contributed by atoms with Crippen molar-refractivity contribution >= 4 is 5.91 Å². The number of hydrogen-bond acceptors (Lipinski definition) is 5. The monoisotopic (exact) mass is 332 g/mol. The van der Waals surface area contributed by atoms with E-state index in [4.69, 9.17) is 4.42 Å². The predicted octanol–water partition coefficient (Wildman–Crippen LogP) is 1.79. The van der Waals surface area contributed by atoms with Crippen LogP contribution in [0.15, 0.2) is 10.8 Å². The number of nitrogens with zero attached hydrogens (tertiary/aromatic N) is 4. The number of piperazine rings is 1. The number of piperidine rings is 1. The summed E-state index contributed by atoms with van der Waals surface area (Å²) in [6.45, 7) is 5.86. The molecule has 6 heteroatoms. The lowest BCUT2D eigenvalue weighted by atomic mass is 10.0. The van der Waals surface area contributed by atoms with E-state index in [0.717, 1.165) is 51.3 Å². The van der Waals surface area contributed by atoms with Crippen LogP contribution in [0.4, 0.5) is 0 Å². The molecule has 1 amide bonds. The summed E-state index contributed by atoms with van der Waals surface area (Å²) >= 11 is 0. The maximum atomic E-state index is 12.7. The Balaban J connectivity index is 1.31. The van der Waals surface area contributed by atoms with Crippen molar-refractivity contribution in [2.45, 2.75) is 44.1 Å². The Morgan fingerprint density at radius 3 is 2.67 bits per heavy atom. The van der Waals surface area contributed by atoms with Crippen LogP contribution in [0.5, 0.6) is 0 Å². The van der Waals surface area contributed by atoms with Gasteiger partial charge in [-0.2, -0.15) is 0 Å². The maximum Gasteiger partial charge on any atom is 0.291 e. The summed E-state index contributed by atoms with van der Waals surface area (Å²) < 4.78 is 5.42. The minimum Gasteiger partial charge on any atom is -0.438 e. The van der Waals surface area contributed by atoms with Gasteiger partial charge in [-0.15, -0.1) is 0 Å². The lowest BCUT2D eigenvalue weighted by Gasteiger charge is -2.40. The molecular weight excluding hydrogens is 304 g/mol. The molecule has 6 nitrogen and oxygen atoms in total. The zero-order chi connectivity index (χ0) is 16.5. The molecule has 3 heterocycles. The van der Waals surface area contributed by atoms with Crippen LogP contribution in [0.2, 0.25) is 0 Å². The second-order valence-electron chi connectivity index (χ2n) is 7.56. The van der Waals surface area contributed by atoms with Crippen molar-refractivity contribution in [1.82, 2.24) is 19.7 Å². The Bertz CT molecular complexity index is 575. The number of carbonyl (C=O) groups is 1. The molecule has 0 aromatic carbocycles. The molecule has 1 aliphatic carbocycles. The summed E-state index contributed by atoms with van der Waals surface area (Å²) in [5.74, 6) is 0.965. The number of likely N-dealkylation sites (tertiary alicyclic amines) is 1. The average molecular weight is 332 g/mol. The molecule has 0 N–H and O–H groups in total. The van der Waals surface area contributed by atoms with Crippen molar-refractivity contribution in [2.75, 3.05) is 46.3 Å². The van der Waals surface area contributed by atoms with Gasteiger partial charge in [0.25, 0.3) is 5.91 Å². The lowest BCUT2D eigenvalue weighted by Crippen LogP contribution is -2.53. The molecule has 4 rings (SSSR count). The minimum atomic E-state index is 0.0313. The first-order valence-electron chi connectivity index (χ1n) is 9.37. The average Bonchev–Trinajstić information content (AvgIpc) is 3.34. The molecule has 1 aromatic heterocycles. The molecule has 0 spiro atoms. The Kier molecular flexibility index (Phi) is 4.59. The molecule has 3 fully saturated rings. The van der Waals surface area contributed by atoms with Crippen molar-refractivity contribution in [1.29, 1.82) is 0 Å². The van der Waals surface area contributed by atoms with Crippen LogP contribution in [0.3, 0.4) is 0 Å². The molecule has 2 aliphatic heterocycles. The van der Waals surface area contributed by atoms with Crippen LogP contribution in [0.25, 0.3) is 0 Å². The highest BCUT2D eigenvalue weighted by Gasteiger charge is 2.34. The minimum absolute atomic E-state index is 0.0313. The summed E-state index contributed by atoms with van der Waals surface area (Å²) in [5, 5.41) is 0. The van der Waals surface area contributed by atoms with E-state index >= 15 is 0 Å². The number of rotatable bonds is 4. The number of aromatic nitrogens is 1. The van der Waals surface area contributed by atoms with Gasteiger partial charge in [-0.05, 0) is 39.3 Å². The molecule has 1 atom stereocenters. The molecule has 3 aliphatic rings. The van der Waals surface area contributed by atoms with Gasteiger partial charge in [-0.1, -0.05) is 6.42 Å². The van der Waals surface area contributed by atoms with Crippen molar-refractivity contribution in [3.05, 3.63) is 17.8 Å². The van der Waals surface area contributed by atoms with E-state index in [-0.39, 0.29) is 5.91 Å². The third kappa shape index (κ3) is 3.35. The predicted molar refractivity (Wildman–Crippen MR) is 91.1 cm³/mol. The zero-order valence-corrected chi connectivity index (χ0v) is 14.6. The van der Waals surface area contributed by atoms with Gasteiger partial charge >= 0.3 is 0 Å². The topological polar surface area (TPSA) is 52.8 Å².